The van der Waals surface area contributed by atoms with Crippen molar-refractivity contribution >= 4 is 23.2 Å². The van der Waals surface area contributed by atoms with Gasteiger partial charge in [-0.1, -0.05) is 44.2 Å². The largest absolute Gasteiger partial charge is 0.326 e. The second-order valence-electron chi connectivity index (χ2n) is 8.10. The molecule has 1 fully saturated rings. The van der Waals surface area contributed by atoms with Crippen LogP contribution in [0.5, 0.6) is 0 Å². The average molecular weight is 362 g/mol. The van der Waals surface area contributed by atoms with Crippen LogP contribution in [0.2, 0.25) is 0 Å². The summed E-state index contributed by atoms with van der Waals surface area (Å²) in [5.74, 6) is 0.0785. The average Bonchev–Trinajstić information content (AvgIpc) is 3.38. The number of carbonyl (C=O) groups excluding carboxylic acids is 2. The summed E-state index contributed by atoms with van der Waals surface area (Å²) in [7, 11) is 0. The molecule has 2 aromatic rings. The number of nitrogens with zero attached hydrogens (tertiary/aromatic N) is 1. The monoisotopic (exact) mass is 362 g/mol. The molecule has 4 heteroatoms. The fraction of sp³-hybridized carbons (Fsp3) is 0.391. The molecule has 3 atom stereocenters. The minimum absolute atomic E-state index is 0.0502. The first-order valence-corrected chi connectivity index (χ1v) is 9.77. The van der Waals surface area contributed by atoms with Gasteiger partial charge in [0.2, 0.25) is 11.8 Å². The first-order chi connectivity index (χ1) is 13.0. The molecule has 4 rings (SSSR count). The third-order valence-corrected chi connectivity index (χ3v) is 5.73. The number of carbonyl (C=O) groups is 2. The lowest BCUT2D eigenvalue weighted by molar-refractivity contribution is -0.123. The van der Waals surface area contributed by atoms with E-state index in [4.69, 9.17) is 0 Å². The standard InChI is InChI=1S/C23H26N2O2/c1-14(2)16-8-10-18(11-9-16)24-22(26)19-13-20(19)23(27)25-15(3)12-17-6-4-5-7-21(17)25/h4-11,14-15,19-20H,12-13H2,1-3H3,(H,24,26). The van der Waals surface area contributed by atoms with Crippen LogP contribution >= 0.6 is 0 Å². The van der Waals surface area contributed by atoms with Crippen molar-refractivity contribution in [3.8, 4) is 0 Å². The summed E-state index contributed by atoms with van der Waals surface area (Å²) < 4.78 is 0. The van der Waals surface area contributed by atoms with E-state index in [2.05, 4.69) is 32.2 Å². The van der Waals surface area contributed by atoms with Crippen molar-refractivity contribution in [3.63, 3.8) is 0 Å². The Morgan fingerprint density at radius 2 is 1.74 bits per heavy atom. The van der Waals surface area contributed by atoms with Crippen LogP contribution in [-0.2, 0) is 16.0 Å². The summed E-state index contributed by atoms with van der Waals surface area (Å²) in [6.07, 6.45) is 1.52. The Hall–Kier alpha value is -2.62. The molecule has 0 aromatic heterocycles. The zero-order chi connectivity index (χ0) is 19.1. The minimum Gasteiger partial charge on any atom is -0.326 e. The zero-order valence-electron chi connectivity index (χ0n) is 16.1. The molecule has 1 heterocycles. The van der Waals surface area contributed by atoms with Gasteiger partial charge in [0.15, 0.2) is 0 Å². The van der Waals surface area contributed by atoms with Gasteiger partial charge in [0.25, 0.3) is 0 Å². The molecule has 1 N–H and O–H groups in total. The maximum atomic E-state index is 13.0. The maximum Gasteiger partial charge on any atom is 0.231 e. The normalized spacial score (nSPS) is 23.3. The van der Waals surface area contributed by atoms with Gasteiger partial charge in [-0.3, -0.25) is 9.59 Å². The van der Waals surface area contributed by atoms with Crippen molar-refractivity contribution in [2.45, 2.75) is 45.6 Å². The van der Waals surface area contributed by atoms with Gasteiger partial charge in [0, 0.05) is 17.4 Å². The molecule has 2 aromatic carbocycles. The van der Waals surface area contributed by atoms with Crippen molar-refractivity contribution in [2.24, 2.45) is 11.8 Å². The predicted octanol–water partition coefficient (Wildman–Crippen LogP) is 4.36. The van der Waals surface area contributed by atoms with E-state index < -0.39 is 0 Å². The molecule has 0 bridgehead atoms. The van der Waals surface area contributed by atoms with Crippen molar-refractivity contribution in [1.82, 2.24) is 0 Å². The van der Waals surface area contributed by atoms with Gasteiger partial charge in [-0.2, -0.15) is 0 Å². The summed E-state index contributed by atoms with van der Waals surface area (Å²) in [6.45, 7) is 6.36. The van der Waals surface area contributed by atoms with Crippen LogP contribution in [0.15, 0.2) is 48.5 Å². The van der Waals surface area contributed by atoms with Gasteiger partial charge in [0.1, 0.15) is 0 Å². The molecule has 3 unspecified atom stereocenters. The Morgan fingerprint density at radius 1 is 1.04 bits per heavy atom. The highest BCUT2D eigenvalue weighted by atomic mass is 16.2. The molecule has 2 amide bonds. The number of anilines is 2. The molecular formula is C23H26N2O2. The number of nitrogens with one attached hydrogen (secondary N) is 1. The smallest absolute Gasteiger partial charge is 0.231 e. The summed E-state index contributed by atoms with van der Waals surface area (Å²) in [5.41, 5.74) is 4.26. The maximum absolute atomic E-state index is 13.0. The van der Waals surface area contributed by atoms with Gasteiger partial charge in [-0.05, 0) is 55.0 Å². The van der Waals surface area contributed by atoms with Gasteiger partial charge < -0.3 is 10.2 Å². The zero-order valence-corrected chi connectivity index (χ0v) is 16.1. The van der Waals surface area contributed by atoms with Crippen molar-refractivity contribution in [3.05, 3.63) is 59.7 Å². The van der Waals surface area contributed by atoms with E-state index in [1.54, 1.807) is 0 Å². The lowest BCUT2D eigenvalue weighted by atomic mass is 10.0. The van der Waals surface area contributed by atoms with E-state index >= 15 is 0 Å². The molecule has 1 saturated carbocycles. The van der Waals surface area contributed by atoms with Gasteiger partial charge in [-0.25, -0.2) is 0 Å². The fourth-order valence-electron chi connectivity index (χ4n) is 4.02. The van der Waals surface area contributed by atoms with E-state index in [1.165, 1.54) is 11.1 Å². The number of fused-ring (bicyclic) bond motifs is 1. The summed E-state index contributed by atoms with van der Waals surface area (Å²) >= 11 is 0. The van der Waals surface area contributed by atoms with Gasteiger partial charge >= 0.3 is 0 Å². The first-order valence-electron chi connectivity index (χ1n) is 9.77. The fourth-order valence-corrected chi connectivity index (χ4v) is 4.02. The Labute approximate surface area is 160 Å². The van der Waals surface area contributed by atoms with Crippen molar-refractivity contribution < 1.29 is 9.59 Å². The van der Waals surface area contributed by atoms with E-state index in [1.807, 2.05) is 47.4 Å². The molecule has 1 aliphatic carbocycles. The SMILES string of the molecule is CC(C)c1ccc(NC(=O)C2CC2C(=O)N2c3ccccc3CC2C)cc1. The highest BCUT2D eigenvalue weighted by Gasteiger charge is 2.51. The molecule has 0 spiro atoms. The molecule has 2 aliphatic rings. The van der Waals surface area contributed by atoms with Crippen LogP contribution < -0.4 is 10.2 Å². The number of amides is 2. The van der Waals surface area contributed by atoms with E-state index in [9.17, 15) is 9.59 Å². The van der Waals surface area contributed by atoms with Crippen LogP contribution in [-0.4, -0.2) is 17.9 Å². The molecule has 27 heavy (non-hydrogen) atoms. The van der Waals surface area contributed by atoms with E-state index in [-0.39, 0.29) is 29.7 Å². The lowest BCUT2D eigenvalue weighted by Gasteiger charge is -2.23. The van der Waals surface area contributed by atoms with Crippen LogP contribution in [0, 0.1) is 11.8 Å². The summed E-state index contributed by atoms with van der Waals surface area (Å²) in [5, 5.41) is 2.97. The molecule has 0 saturated heterocycles. The van der Waals surface area contributed by atoms with Crippen molar-refractivity contribution in [2.75, 3.05) is 10.2 Å². The number of para-hydroxylation sites is 1. The second kappa shape index (κ2) is 6.84. The van der Waals surface area contributed by atoms with E-state index in [0.29, 0.717) is 12.3 Å². The van der Waals surface area contributed by atoms with Crippen LogP contribution in [0.4, 0.5) is 11.4 Å². The van der Waals surface area contributed by atoms with Crippen LogP contribution in [0.25, 0.3) is 0 Å². The van der Waals surface area contributed by atoms with Gasteiger partial charge in [0.05, 0.1) is 11.8 Å². The Bertz CT molecular complexity index is 872. The number of benzene rings is 2. The number of rotatable bonds is 4. The number of hydrogen-bond acceptors (Lipinski definition) is 2. The molecule has 1 aliphatic heterocycles. The highest BCUT2D eigenvalue weighted by Crippen LogP contribution is 2.44. The minimum atomic E-state index is -0.220. The summed E-state index contributed by atoms with van der Waals surface area (Å²) in [6, 6.07) is 16.2. The molecule has 140 valence electrons. The molecule has 4 nitrogen and oxygen atoms in total. The highest BCUT2D eigenvalue weighted by molar-refractivity contribution is 6.05. The summed E-state index contributed by atoms with van der Waals surface area (Å²) in [4.78, 5) is 27.5. The predicted molar refractivity (Wildman–Crippen MR) is 108 cm³/mol. The first kappa shape index (κ1) is 17.8. The number of hydrogen-bond donors (Lipinski definition) is 1. The van der Waals surface area contributed by atoms with E-state index in [0.717, 1.165) is 17.8 Å². The molecule has 0 radical (unpaired) electrons. The Balaban J connectivity index is 1.40. The Morgan fingerprint density at radius 3 is 2.44 bits per heavy atom. The topological polar surface area (TPSA) is 49.4 Å². The van der Waals surface area contributed by atoms with Gasteiger partial charge in [-0.15, -0.1) is 0 Å². The molecular weight excluding hydrogens is 336 g/mol. The third kappa shape index (κ3) is 3.36. The van der Waals surface area contributed by atoms with Crippen LogP contribution in [0.3, 0.4) is 0 Å². The van der Waals surface area contributed by atoms with Crippen LogP contribution in [0.1, 0.15) is 44.2 Å². The third-order valence-electron chi connectivity index (χ3n) is 5.73. The van der Waals surface area contributed by atoms with Crippen molar-refractivity contribution in [1.29, 1.82) is 0 Å². The Kier molecular flexibility index (Phi) is 4.50. The quantitative estimate of drug-likeness (QED) is 0.878. The lowest BCUT2D eigenvalue weighted by Crippen LogP contribution is -2.37. The second-order valence-corrected chi connectivity index (χ2v) is 8.10.